The van der Waals surface area contributed by atoms with Crippen LogP contribution >= 0.6 is 0 Å². The van der Waals surface area contributed by atoms with E-state index >= 15 is 0 Å². The van der Waals surface area contributed by atoms with Gasteiger partial charge in [-0.15, -0.1) is 0 Å². The van der Waals surface area contributed by atoms with Crippen molar-refractivity contribution in [2.24, 2.45) is 0 Å². The van der Waals surface area contributed by atoms with E-state index in [0.29, 0.717) is 18.6 Å². The Labute approximate surface area is 59.5 Å². The summed E-state index contributed by atoms with van der Waals surface area (Å²) in [6, 6.07) is 0. The number of rotatable bonds is 0. The highest BCUT2D eigenvalue weighted by Gasteiger charge is 2.21. The molecule has 0 unspecified atom stereocenters. The van der Waals surface area contributed by atoms with Gasteiger partial charge in [-0.1, -0.05) is 0 Å². The van der Waals surface area contributed by atoms with Crippen LogP contribution in [0.5, 0.6) is 0 Å². The molecule has 0 atom stereocenters. The molecule has 0 spiro atoms. The fourth-order valence-corrected chi connectivity index (χ4v) is 1.45. The van der Waals surface area contributed by atoms with Crippen molar-refractivity contribution >= 4 is 5.78 Å². The Morgan fingerprint density at radius 3 is 3.10 bits per heavy atom. The van der Waals surface area contributed by atoms with Crippen LogP contribution in [0.1, 0.15) is 19.3 Å². The lowest BCUT2D eigenvalue weighted by Crippen LogP contribution is -2.23. The first kappa shape index (κ1) is 5.92. The molecule has 0 radical (unpaired) electrons. The summed E-state index contributed by atoms with van der Waals surface area (Å²) < 4.78 is 0. The van der Waals surface area contributed by atoms with E-state index in [0.717, 1.165) is 13.0 Å². The first-order valence-electron chi connectivity index (χ1n) is 3.58. The number of ketones is 1. The van der Waals surface area contributed by atoms with Crippen LogP contribution < -0.4 is 10.9 Å². The zero-order chi connectivity index (χ0) is 6.97. The number of hydrogen-bond acceptors (Lipinski definition) is 3. The Kier molecular flexibility index (Phi) is 1.24. The molecule has 54 valence electrons. The molecule has 0 saturated carbocycles. The minimum atomic E-state index is 0.379. The molecule has 0 aromatic heterocycles. The van der Waals surface area contributed by atoms with Crippen molar-refractivity contribution < 1.29 is 4.79 Å². The van der Waals surface area contributed by atoms with Crippen molar-refractivity contribution in [2.75, 3.05) is 6.54 Å². The van der Waals surface area contributed by atoms with Gasteiger partial charge in [0, 0.05) is 25.1 Å². The van der Waals surface area contributed by atoms with E-state index in [4.69, 9.17) is 0 Å². The maximum absolute atomic E-state index is 10.9. The minimum Gasteiger partial charge on any atom is -0.325 e. The molecule has 0 aromatic carbocycles. The maximum atomic E-state index is 10.9. The van der Waals surface area contributed by atoms with E-state index in [1.165, 1.54) is 11.3 Å². The summed E-state index contributed by atoms with van der Waals surface area (Å²) in [6.07, 6.45) is 2.28. The van der Waals surface area contributed by atoms with Gasteiger partial charge in [-0.2, -0.15) is 0 Å². The van der Waals surface area contributed by atoms with Crippen LogP contribution in [0.2, 0.25) is 0 Å². The SMILES string of the molecule is O=C1CCC2=C(CNN2)C1. The second-order valence-electron chi connectivity index (χ2n) is 2.78. The quantitative estimate of drug-likeness (QED) is 0.499. The lowest BCUT2D eigenvalue weighted by Gasteiger charge is -2.10. The average molecular weight is 138 g/mol. The molecule has 0 amide bonds. The van der Waals surface area contributed by atoms with Gasteiger partial charge in [0.2, 0.25) is 0 Å². The van der Waals surface area contributed by atoms with Gasteiger partial charge < -0.3 is 5.43 Å². The molecule has 2 aliphatic rings. The number of hydrogen-bond donors (Lipinski definition) is 2. The van der Waals surface area contributed by atoms with E-state index in [1.807, 2.05) is 0 Å². The van der Waals surface area contributed by atoms with Crippen LogP contribution in [-0.4, -0.2) is 12.3 Å². The molecular formula is C7H10N2O. The van der Waals surface area contributed by atoms with Gasteiger partial charge in [0.25, 0.3) is 0 Å². The van der Waals surface area contributed by atoms with Crippen molar-refractivity contribution in [3.63, 3.8) is 0 Å². The van der Waals surface area contributed by atoms with Crippen LogP contribution in [0.4, 0.5) is 0 Å². The maximum Gasteiger partial charge on any atom is 0.137 e. The Morgan fingerprint density at radius 2 is 2.20 bits per heavy atom. The van der Waals surface area contributed by atoms with Crippen molar-refractivity contribution in [2.45, 2.75) is 19.3 Å². The van der Waals surface area contributed by atoms with Gasteiger partial charge in [0.15, 0.2) is 0 Å². The molecule has 0 fully saturated rings. The van der Waals surface area contributed by atoms with Gasteiger partial charge in [-0.05, 0) is 12.0 Å². The second-order valence-corrected chi connectivity index (χ2v) is 2.78. The molecule has 1 aliphatic heterocycles. The summed E-state index contributed by atoms with van der Waals surface area (Å²) >= 11 is 0. The molecule has 2 N–H and O–H groups in total. The predicted molar refractivity (Wildman–Crippen MR) is 37.0 cm³/mol. The van der Waals surface area contributed by atoms with Crippen molar-refractivity contribution in [3.8, 4) is 0 Å². The summed E-state index contributed by atoms with van der Waals surface area (Å²) in [5, 5.41) is 0. The Bertz CT molecular complexity index is 208. The standard InChI is InChI=1S/C7H10N2O/c10-6-1-2-7-5(3-6)4-8-9-7/h8-9H,1-4H2. The third-order valence-corrected chi connectivity index (χ3v) is 2.03. The highest BCUT2D eigenvalue weighted by molar-refractivity contribution is 5.82. The average Bonchev–Trinajstić information content (AvgIpc) is 2.33. The van der Waals surface area contributed by atoms with Gasteiger partial charge in [0.05, 0.1) is 0 Å². The number of nitrogens with one attached hydrogen (secondary N) is 2. The summed E-state index contributed by atoms with van der Waals surface area (Å²) in [4.78, 5) is 10.9. The summed E-state index contributed by atoms with van der Waals surface area (Å²) in [7, 11) is 0. The van der Waals surface area contributed by atoms with Gasteiger partial charge in [-0.25, -0.2) is 5.43 Å². The fourth-order valence-electron chi connectivity index (χ4n) is 1.45. The second kappa shape index (κ2) is 2.09. The molecule has 2 rings (SSSR count). The third kappa shape index (κ3) is 0.827. The lowest BCUT2D eigenvalue weighted by atomic mass is 9.96. The van der Waals surface area contributed by atoms with E-state index in [1.54, 1.807) is 0 Å². The Morgan fingerprint density at radius 1 is 1.30 bits per heavy atom. The Balaban J connectivity index is 2.21. The van der Waals surface area contributed by atoms with Crippen molar-refractivity contribution in [1.29, 1.82) is 0 Å². The lowest BCUT2D eigenvalue weighted by molar-refractivity contribution is -0.118. The third-order valence-electron chi connectivity index (χ3n) is 2.03. The molecule has 1 heterocycles. The zero-order valence-corrected chi connectivity index (χ0v) is 5.74. The van der Waals surface area contributed by atoms with Crippen molar-refractivity contribution in [3.05, 3.63) is 11.3 Å². The van der Waals surface area contributed by atoms with Crippen molar-refractivity contribution in [1.82, 2.24) is 10.9 Å². The van der Waals surface area contributed by atoms with Crippen LogP contribution in [0, 0.1) is 0 Å². The number of carbonyl (C=O) groups excluding carboxylic acids is 1. The number of allylic oxidation sites excluding steroid dienone is 1. The molecule has 0 bridgehead atoms. The fraction of sp³-hybridized carbons (Fsp3) is 0.571. The first-order chi connectivity index (χ1) is 4.86. The van der Waals surface area contributed by atoms with Crippen LogP contribution in [0.3, 0.4) is 0 Å². The highest BCUT2D eigenvalue weighted by atomic mass is 16.1. The molecule has 3 nitrogen and oxygen atoms in total. The number of carbonyl (C=O) groups is 1. The molecule has 1 aliphatic carbocycles. The molecular weight excluding hydrogens is 128 g/mol. The van der Waals surface area contributed by atoms with Crippen LogP contribution in [0.25, 0.3) is 0 Å². The molecule has 0 aromatic rings. The largest absolute Gasteiger partial charge is 0.325 e. The normalized spacial score (nSPS) is 24.6. The molecule has 10 heavy (non-hydrogen) atoms. The van der Waals surface area contributed by atoms with Crippen LogP contribution in [-0.2, 0) is 4.79 Å². The van der Waals surface area contributed by atoms with Gasteiger partial charge in [0.1, 0.15) is 5.78 Å². The summed E-state index contributed by atoms with van der Waals surface area (Å²) in [5.74, 6) is 0.379. The topological polar surface area (TPSA) is 41.1 Å². The minimum absolute atomic E-state index is 0.379. The molecule has 3 heteroatoms. The predicted octanol–water partition coefficient (Wildman–Crippen LogP) is 0.101. The highest BCUT2D eigenvalue weighted by Crippen LogP contribution is 2.21. The van der Waals surface area contributed by atoms with Crippen LogP contribution in [0.15, 0.2) is 11.3 Å². The van der Waals surface area contributed by atoms with Gasteiger partial charge in [-0.3, -0.25) is 4.79 Å². The number of hydrazine groups is 1. The molecule has 0 saturated heterocycles. The Hall–Kier alpha value is -0.830. The first-order valence-corrected chi connectivity index (χ1v) is 3.58. The van der Waals surface area contributed by atoms with E-state index < -0.39 is 0 Å². The number of Topliss-reactive ketones (excluding diaryl/α,β-unsaturated/α-hetero) is 1. The smallest absolute Gasteiger partial charge is 0.137 e. The summed E-state index contributed by atoms with van der Waals surface area (Å²) in [5.41, 5.74) is 8.58. The summed E-state index contributed by atoms with van der Waals surface area (Å²) in [6.45, 7) is 0.848. The monoisotopic (exact) mass is 138 g/mol. The van der Waals surface area contributed by atoms with Gasteiger partial charge >= 0.3 is 0 Å². The van der Waals surface area contributed by atoms with E-state index in [2.05, 4.69) is 10.9 Å². The van der Waals surface area contributed by atoms with E-state index in [9.17, 15) is 4.79 Å². The zero-order valence-electron chi connectivity index (χ0n) is 5.74. The van der Waals surface area contributed by atoms with E-state index in [-0.39, 0.29) is 0 Å².